The maximum absolute atomic E-state index is 14.9. The molecule has 1 N–H and O–H groups in total. The first kappa shape index (κ1) is 24.7. The van der Waals surface area contributed by atoms with E-state index in [1.54, 1.807) is 25.4 Å². The van der Waals surface area contributed by atoms with Gasteiger partial charge in [-0.15, -0.1) is 0 Å². The van der Waals surface area contributed by atoms with Crippen molar-refractivity contribution in [1.82, 2.24) is 14.9 Å². The molecule has 1 atom stereocenters. The van der Waals surface area contributed by atoms with E-state index in [9.17, 15) is 18.0 Å². The summed E-state index contributed by atoms with van der Waals surface area (Å²) in [6.45, 7) is 7.38. The summed E-state index contributed by atoms with van der Waals surface area (Å²) in [7, 11) is 0. The number of fused-ring (bicyclic) bond motifs is 1. The Morgan fingerprint density at radius 3 is 2.60 bits per heavy atom. The van der Waals surface area contributed by atoms with E-state index in [0.29, 0.717) is 37.6 Å². The Hall–Kier alpha value is -3.42. The predicted molar refractivity (Wildman–Crippen MR) is 132 cm³/mol. The van der Waals surface area contributed by atoms with Crippen LogP contribution in [0.25, 0.3) is 16.5 Å². The van der Waals surface area contributed by atoms with Gasteiger partial charge < -0.3 is 10.2 Å². The van der Waals surface area contributed by atoms with Gasteiger partial charge in [-0.25, -0.2) is 13.2 Å². The highest BCUT2D eigenvalue weighted by Gasteiger charge is 2.30. The van der Waals surface area contributed by atoms with Gasteiger partial charge in [-0.2, -0.15) is 0 Å². The monoisotopic (exact) mass is 482 g/mol. The second-order valence-electron chi connectivity index (χ2n) is 9.33. The van der Waals surface area contributed by atoms with E-state index in [1.807, 2.05) is 30.9 Å². The molecule has 5 nitrogen and oxygen atoms in total. The molecule has 0 bridgehead atoms. The fraction of sp³-hybridized carbons (Fsp3) is 0.370. The lowest BCUT2D eigenvalue weighted by Crippen LogP contribution is -2.37. The van der Waals surface area contributed by atoms with Gasteiger partial charge in [-0.1, -0.05) is 38.1 Å². The molecule has 0 saturated heterocycles. The van der Waals surface area contributed by atoms with Crippen LogP contribution in [0.15, 0.2) is 48.8 Å². The molecule has 0 radical (unpaired) electrons. The minimum atomic E-state index is -3.27. The lowest BCUT2D eigenvalue weighted by molar-refractivity contribution is -0.134. The zero-order chi connectivity index (χ0) is 25.3. The Kier molecular flexibility index (Phi) is 6.83. The zero-order valence-electron chi connectivity index (χ0n) is 20.3. The number of pyridine rings is 2. The van der Waals surface area contributed by atoms with Gasteiger partial charge in [0.2, 0.25) is 5.91 Å². The van der Waals surface area contributed by atoms with Crippen LogP contribution < -0.4 is 5.32 Å². The summed E-state index contributed by atoms with van der Waals surface area (Å²) >= 11 is 0. The number of hydrogen-bond acceptors (Lipinski definition) is 4. The van der Waals surface area contributed by atoms with Crippen molar-refractivity contribution in [3.8, 4) is 0 Å². The van der Waals surface area contributed by atoms with Gasteiger partial charge in [-0.05, 0) is 31.1 Å². The van der Waals surface area contributed by atoms with Crippen molar-refractivity contribution < 1.29 is 18.0 Å². The summed E-state index contributed by atoms with van der Waals surface area (Å²) in [6.07, 6.45) is 6.03. The first-order valence-corrected chi connectivity index (χ1v) is 11.7. The Labute approximate surface area is 203 Å². The number of carbonyl (C=O) groups is 1. The van der Waals surface area contributed by atoms with E-state index < -0.39 is 23.3 Å². The van der Waals surface area contributed by atoms with Crippen LogP contribution >= 0.6 is 0 Å². The highest BCUT2D eigenvalue weighted by atomic mass is 19.3. The summed E-state index contributed by atoms with van der Waals surface area (Å²) in [5.41, 5.74) is 2.74. The molecule has 3 aromatic rings. The number of carbonyl (C=O) groups excluding carboxylic acids is 1. The van der Waals surface area contributed by atoms with Gasteiger partial charge in [0.25, 0.3) is 5.92 Å². The van der Waals surface area contributed by atoms with Gasteiger partial charge in [0.1, 0.15) is 5.82 Å². The number of benzene rings is 1. The van der Waals surface area contributed by atoms with Gasteiger partial charge >= 0.3 is 0 Å². The van der Waals surface area contributed by atoms with Crippen LogP contribution in [0.3, 0.4) is 0 Å². The molecular formula is C27H29F3N4O. The van der Waals surface area contributed by atoms with Crippen molar-refractivity contribution in [2.24, 2.45) is 5.92 Å². The van der Waals surface area contributed by atoms with Crippen molar-refractivity contribution in [3.05, 3.63) is 71.4 Å². The lowest BCUT2D eigenvalue weighted by atomic mass is 10.00. The molecule has 1 aliphatic rings. The SMILES string of the molecule is CC(C)C(=O)N1CC=C(c2cc3c(N[C@H](C)c4cccc(C(C)(F)F)c4F)ccnc3cn2)CC1. The van der Waals surface area contributed by atoms with Crippen molar-refractivity contribution in [2.45, 2.75) is 46.1 Å². The van der Waals surface area contributed by atoms with Gasteiger partial charge in [0.05, 0.1) is 29.0 Å². The Balaban J connectivity index is 1.62. The predicted octanol–water partition coefficient (Wildman–Crippen LogP) is 6.33. The van der Waals surface area contributed by atoms with Crippen molar-refractivity contribution in [1.29, 1.82) is 0 Å². The third kappa shape index (κ3) is 5.16. The third-order valence-corrected chi connectivity index (χ3v) is 6.31. The van der Waals surface area contributed by atoms with Crippen molar-refractivity contribution in [2.75, 3.05) is 18.4 Å². The number of halogens is 3. The fourth-order valence-corrected chi connectivity index (χ4v) is 4.35. The summed E-state index contributed by atoms with van der Waals surface area (Å²) < 4.78 is 42.5. The molecule has 0 saturated carbocycles. The molecule has 0 spiro atoms. The fourth-order valence-electron chi connectivity index (χ4n) is 4.35. The van der Waals surface area contributed by atoms with Crippen molar-refractivity contribution >= 4 is 28.1 Å². The molecule has 8 heteroatoms. The summed E-state index contributed by atoms with van der Waals surface area (Å²) in [6, 6.07) is 7.20. The van der Waals surface area contributed by atoms with E-state index in [-0.39, 0.29) is 17.4 Å². The largest absolute Gasteiger partial charge is 0.378 e. The van der Waals surface area contributed by atoms with Crippen LogP contribution in [0.4, 0.5) is 18.9 Å². The van der Waals surface area contributed by atoms with Gasteiger partial charge in [0, 0.05) is 48.8 Å². The summed E-state index contributed by atoms with van der Waals surface area (Å²) in [5, 5.41) is 4.05. The van der Waals surface area contributed by atoms with E-state index in [2.05, 4.69) is 15.3 Å². The number of aromatic nitrogens is 2. The first-order valence-electron chi connectivity index (χ1n) is 11.7. The van der Waals surface area contributed by atoms with Crippen molar-refractivity contribution in [3.63, 3.8) is 0 Å². The molecule has 1 amide bonds. The zero-order valence-corrected chi connectivity index (χ0v) is 20.3. The number of nitrogens with one attached hydrogen (secondary N) is 1. The molecule has 0 fully saturated rings. The van der Waals surface area contributed by atoms with E-state index in [1.165, 1.54) is 12.1 Å². The average Bonchev–Trinajstić information content (AvgIpc) is 2.83. The number of rotatable bonds is 6. The van der Waals surface area contributed by atoms with E-state index in [0.717, 1.165) is 22.7 Å². The topological polar surface area (TPSA) is 58.1 Å². The molecular weight excluding hydrogens is 453 g/mol. The van der Waals surface area contributed by atoms with Gasteiger partial charge in [0.15, 0.2) is 0 Å². The standard InChI is InChI=1S/C27H29F3N4O/c1-16(2)26(35)34-12-9-18(10-13-34)23-14-20-22(8-11-31-24(20)15-32-23)33-17(3)19-6-5-7-21(25(19)28)27(4,29)30/h5-9,11,14-17H,10,12-13H2,1-4H3,(H,31,33)/t17-/m1/s1. The molecule has 4 rings (SSSR count). The highest BCUT2D eigenvalue weighted by Crippen LogP contribution is 2.34. The number of hydrogen-bond donors (Lipinski definition) is 1. The molecule has 1 aromatic carbocycles. The summed E-state index contributed by atoms with van der Waals surface area (Å²) in [4.78, 5) is 23.1. The Morgan fingerprint density at radius 2 is 1.94 bits per heavy atom. The maximum atomic E-state index is 14.9. The van der Waals surface area contributed by atoms with Gasteiger partial charge in [-0.3, -0.25) is 14.8 Å². The molecule has 0 aliphatic carbocycles. The number of alkyl halides is 2. The normalized spacial score (nSPS) is 15.3. The second-order valence-corrected chi connectivity index (χ2v) is 9.33. The minimum Gasteiger partial charge on any atom is -0.378 e. The van der Waals surface area contributed by atoms with Crippen LogP contribution in [-0.2, 0) is 10.7 Å². The van der Waals surface area contributed by atoms with Crippen LogP contribution in [0.2, 0.25) is 0 Å². The first-order chi connectivity index (χ1) is 16.6. The molecule has 2 aromatic heterocycles. The number of nitrogens with zero attached hydrogens (tertiary/aromatic N) is 3. The van der Waals surface area contributed by atoms with E-state index in [4.69, 9.17) is 0 Å². The van der Waals surface area contributed by atoms with E-state index >= 15 is 0 Å². The second kappa shape index (κ2) is 9.68. The van der Waals surface area contributed by atoms with Crippen LogP contribution in [0.1, 0.15) is 57.0 Å². The summed E-state index contributed by atoms with van der Waals surface area (Å²) in [5.74, 6) is -4.09. The third-order valence-electron chi connectivity index (χ3n) is 6.31. The quantitative estimate of drug-likeness (QED) is 0.446. The molecule has 35 heavy (non-hydrogen) atoms. The number of anilines is 1. The molecule has 3 heterocycles. The molecule has 184 valence electrons. The van der Waals surface area contributed by atoms with Crippen LogP contribution in [0, 0.1) is 11.7 Å². The molecule has 0 unspecified atom stereocenters. The Bertz CT molecular complexity index is 1280. The smallest absolute Gasteiger partial charge is 0.273 e. The lowest BCUT2D eigenvalue weighted by Gasteiger charge is -2.28. The minimum absolute atomic E-state index is 0.0421. The van der Waals surface area contributed by atoms with Crippen LogP contribution in [0.5, 0.6) is 0 Å². The Morgan fingerprint density at radius 1 is 1.17 bits per heavy atom. The highest BCUT2D eigenvalue weighted by molar-refractivity contribution is 5.92. The molecule has 1 aliphatic heterocycles. The average molecular weight is 483 g/mol. The van der Waals surface area contributed by atoms with Crippen LogP contribution in [-0.4, -0.2) is 33.9 Å². The number of amides is 1. The maximum Gasteiger partial charge on any atom is 0.273 e.